The largest absolute Gasteiger partial charge is 0.398 e. The number of nitrogen functional groups attached to an aromatic ring is 1. The molecule has 0 aromatic heterocycles. The van der Waals surface area contributed by atoms with Crippen LogP contribution in [-0.4, -0.2) is 26.8 Å². The van der Waals surface area contributed by atoms with Gasteiger partial charge in [-0.05, 0) is 12.1 Å². The predicted molar refractivity (Wildman–Crippen MR) is 90.6 cm³/mol. The molecule has 8 nitrogen and oxygen atoms in total. The lowest BCUT2D eigenvalue weighted by atomic mass is 10.1. The Balaban J connectivity index is 0. The fourth-order valence-electron chi connectivity index (χ4n) is 1.43. The van der Waals surface area contributed by atoms with E-state index in [1.165, 1.54) is 0 Å². The molecule has 0 aliphatic heterocycles. The van der Waals surface area contributed by atoms with E-state index in [4.69, 9.17) is 28.5 Å². The third-order valence-corrected chi connectivity index (χ3v) is 4.23. The monoisotopic (exact) mass is 391 g/mol. The first-order chi connectivity index (χ1) is 9.19. The highest BCUT2D eigenvalue weighted by Gasteiger charge is 2.21. The molecule has 0 fully saturated rings. The van der Waals surface area contributed by atoms with E-state index < -0.39 is 21.9 Å². The van der Waals surface area contributed by atoms with Gasteiger partial charge in [-0.1, -0.05) is 18.5 Å². The fraction of sp³-hybridized carbons (Fsp3) is 0.200. The van der Waals surface area contributed by atoms with Crippen molar-refractivity contribution in [1.82, 2.24) is 10.0 Å². The van der Waals surface area contributed by atoms with Crippen LogP contribution in [0, 0.1) is 5.41 Å². The normalized spacial score (nSPS) is 10.1. The Morgan fingerprint density at radius 1 is 1.36 bits per heavy atom. The van der Waals surface area contributed by atoms with Crippen LogP contribution in [0.2, 0.25) is 5.02 Å². The number of amides is 1. The Morgan fingerprint density at radius 3 is 2.36 bits per heavy atom. The maximum absolute atomic E-state index is 11.9. The van der Waals surface area contributed by atoms with Crippen LogP contribution in [0.15, 0.2) is 17.0 Å². The van der Waals surface area contributed by atoms with E-state index in [9.17, 15) is 13.2 Å². The highest BCUT2D eigenvalue weighted by Crippen LogP contribution is 2.27. The number of rotatable bonds is 4. The number of nitrogens with one attached hydrogen (secondary N) is 3. The van der Waals surface area contributed by atoms with E-state index in [1.807, 2.05) is 5.32 Å². The van der Waals surface area contributed by atoms with Crippen LogP contribution in [0.4, 0.5) is 5.69 Å². The van der Waals surface area contributed by atoms with Gasteiger partial charge in [0.25, 0.3) is 5.91 Å². The zero-order valence-electron chi connectivity index (χ0n) is 11.3. The quantitative estimate of drug-likeness (QED) is 0.290. The molecule has 0 aliphatic carbocycles. The second-order valence-corrected chi connectivity index (χ2v) is 5.88. The van der Waals surface area contributed by atoms with Crippen LogP contribution in [0.1, 0.15) is 17.3 Å². The van der Waals surface area contributed by atoms with Gasteiger partial charge >= 0.3 is 0 Å². The number of hydrogen-bond acceptors (Lipinski definition) is 5. The van der Waals surface area contributed by atoms with E-state index in [1.54, 1.807) is 6.92 Å². The maximum atomic E-state index is 11.9. The maximum Gasteiger partial charge on any atom is 0.260 e. The standard InChI is InChI=1S/C10H14ClN5O3S.2ClH/c1-2-15-20(18,19)8-3-5(7(12)4-6(8)11)9(17)16-10(13)14;;/h3-4,15H,2,12H2,1H3,(H4,13,14,16,17);2*1H. The second-order valence-electron chi connectivity index (χ2n) is 3.74. The molecule has 126 valence electrons. The molecule has 22 heavy (non-hydrogen) atoms. The number of sulfonamides is 1. The SMILES string of the molecule is CCNS(=O)(=O)c1cc(C(=O)NC(=N)N)c(N)cc1Cl.Cl.Cl. The van der Waals surface area contributed by atoms with Crippen molar-refractivity contribution in [3.05, 3.63) is 22.7 Å². The van der Waals surface area contributed by atoms with Crippen LogP contribution in [0.25, 0.3) is 0 Å². The first-order valence-electron chi connectivity index (χ1n) is 5.43. The lowest BCUT2D eigenvalue weighted by Gasteiger charge is -2.11. The Hall–Kier alpha value is -1.26. The lowest BCUT2D eigenvalue weighted by molar-refractivity contribution is 0.0977. The molecule has 1 amide bonds. The van der Waals surface area contributed by atoms with Crippen LogP contribution in [-0.2, 0) is 10.0 Å². The summed E-state index contributed by atoms with van der Waals surface area (Å²) in [6, 6.07) is 2.19. The molecular weight excluding hydrogens is 377 g/mol. The van der Waals surface area contributed by atoms with E-state index in [-0.39, 0.29) is 52.5 Å². The minimum absolute atomic E-state index is 0. The van der Waals surface area contributed by atoms with E-state index in [0.29, 0.717) is 0 Å². The van der Waals surface area contributed by atoms with Gasteiger partial charge in [0.15, 0.2) is 5.96 Å². The molecule has 1 rings (SSSR count). The van der Waals surface area contributed by atoms with E-state index in [2.05, 4.69) is 4.72 Å². The summed E-state index contributed by atoms with van der Waals surface area (Å²) in [6.45, 7) is 1.77. The number of hydrogen-bond donors (Lipinski definition) is 5. The van der Waals surface area contributed by atoms with Gasteiger partial charge in [0.2, 0.25) is 10.0 Å². The van der Waals surface area contributed by atoms with Gasteiger partial charge in [0.1, 0.15) is 4.90 Å². The molecule has 0 aliphatic rings. The Kier molecular flexibility index (Phi) is 9.42. The van der Waals surface area contributed by atoms with Crippen molar-refractivity contribution in [2.24, 2.45) is 5.73 Å². The van der Waals surface area contributed by atoms with Crippen LogP contribution >= 0.6 is 36.4 Å². The first-order valence-corrected chi connectivity index (χ1v) is 7.29. The molecule has 0 unspecified atom stereocenters. The van der Waals surface area contributed by atoms with Gasteiger partial charge in [0, 0.05) is 12.2 Å². The number of carbonyl (C=O) groups is 1. The van der Waals surface area contributed by atoms with Crippen molar-refractivity contribution in [1.29, 1.82) is 5.41 Å². The van der Waals surface area contributed by atoms with Crippen molar-refractivity contribution in [2.45, 2.75) is 11.8 Å². The van der Waals surface area contributed by atoms with Gasteiger partial charge in [-0.25, -0.2) is 13.1 Å². The molecule has 0 saturated heterocycles. The molecule has 0 saturated carbocycles. The van der Waals surface area contributed by atoms with Crippen molar-refractivity contribution < 1.29 is 13.2 Å². The van der Waals surface area contributed by atoms with E-state index in [0.717, 1.165) is 12.1 Å². The Labute approximate surface area is 145 Å². The van der Waals surface area contributed by atoms with Crippen molar-refractivity contribution in [3.8, 4) is 0 Å². The summed E-state index contributed by atoms with van der Waals surface area (Å²) in [4.78, 5) is 11.5. The molecule has 12 heteroatoms. The average molecular weight is 393 g/mol. The summed E-state index contributed by atoms with van der Waals surface area (Å²) >= 11 is 5.83. The molecule has 7 N–H and O–H groups in total. The Bertz CT molecular complexity index is 666. The number of halogens is 3. The Morgan fingerprint density at radius 2 is 1.91 bits per heavy atom. The topological polar surface area (TPSA) is 151 Å². The van der Waals surface area contributed by atoms with Gasteiger partial charge in [0.05, 0.1) is 10.6 Å². The minimum Gasteiger partial charge on any atom is -0.398 e. The number of benzene rings is 1. The number of nitrogens with two attached hydrogens (primary N) is 2. The predicted octanol–water partition coefficient (Wildman–Crippen LogP) is 0.687. The van der Waals surface area contributed by atoms with Crippen LogP contribution in [0.3, 0.4) is 0 Å². The average Bonchev–Trinajstić information content (AvgIpc) is 2.26. The molecule has 0 bridgehead atoms. The first kappa shape index (κ1) is 23.0. The zero-order valence-corrected chi connectivity index (χ0v) is 14.5. The third-order valence-electron chi connectivity index (χ3n) is 2.22. The number of guanidine groups is 1. The highest BCUT2D eigenvalue weighted by molar-refractivity contribution is 7.89. The summed E-state index contributed by atoms with van der Waals surface area (Å²) in [5.41, 5.74) is 10.5. The zero-order chi connectivity index (χ0) is 15.5. The van der Waals surface area contributed by atoms with E-state index >= 15 is 0 Å². The van der Waals surface area contributed by atoms with Crippen LogP contribution in [0.5, 0.6) is 0 Å². The van der Waals surface area contributed by atoms with Gasteiger partial charge in [-0.15, -0.1) is 24.8 Å². The second kappa shape index (κ2) is 9.01. The number of carbonyl (C=O) groups excluding carboxylic acids is 1. The summed E-state index contributed by atoms with van der Waals surface area (Å²) < 4.78 is 26.1. The fourth-order valence-corrected chi connectivity index (χ4v) is 3.03. The summed E-state index contributed by atoms with van der Waals surface area (Å²) in [7, 11) is -3.84. The van der Waals surface area contributed by atoms with Crippen molar-refractivity contribution in [2.75, 3.05) is 12.3 Å². The molecule has 0 atom stereocenters. The van der Waals surface area contributed by atoms with Gasteiger partial charge in [-0.2, -0.15) is 0 Å². The third kappa shape index (κ3) is 5.50. The molecule has 1 aromatic rings. The molecule has 0 radical (unpaired) electrons. The lowest BCUT2D eigenvalue weighted by Crippen LogP contribution is -2.36. The molecule has 0 spiro atoms. The summed E-state index contributed by atoms with van der Waals surface area (Å²) in [5, 5.41) is 8.88. The molecule has 1 aromatic carbocycles. The highest BCUT2D eigenvalue weighted by atomic mass is 35.5. The van der Waals surface area contributed by atoms with Crippen LogP contribution < -0.4 is 21.5 Å². The number of anilines is 1. The van der Waals surface area contributed by atoms with Gasteiger partial charge < -0.3 is 11.5 Å². The summed E-state index contributed by atoms with van der Waals surface area (Å²) in [5.74, 6) is -1.37. The minimum atomic E-state index is -3.84. The van der Waals surface area contributed by atoms with Crippen molar-refractivity contribution >= 4 is 64.0 Å². The van der Waals surface area contributed by atoms with Crippen molar-refractivity contribution in [3.63, 3.8) is 0 Å². The van der Waals surface area contributed by atoms with Gasteiger partial charge in [-0.3, -0.25) is 15.5 Å². The summed E-state index contributed by atoms with van der Waals surface area (Å²) in [6.07, 6.45) is 0. The molecule has 0 heterocycles. The smallest absolute Gasteiger partial charge is 0.260 e. The molecular formula is C10H16Cl3N5O3S.